The van der Waals surface area contributed by atoms with Crippen molar-refractivity contribution in [1.29, 1.82) is 0 Å². The minimum Gasteiger partial charge on any atom is -0.444 e. The van der Waals surface area contributed by atoms with E-state index in [2.05, 4.69) is 21.2 Å². The Bertz CT molecular complexity index is 563. The van der Waals surface area contributed by atoms with Gasteiger partial charge in [0.05, 0.1) is 6.04 Å². The van der Waals surface area contributed by atoms with Crippen LogP contribution in [0.15, 0.2) is 22.7 Å². The maximum absolute atomic E-state index is 12.3. The van der Waals surface area contributed by atoms with Gasteiger partial charge >= 0.3 is 6.09 Å². The fraction of sp³-hybridized carbons (Fsp3) is 0.500. The zero-order chi connectivity index (χ0) is 15.6. The van der Waals surface area contributed by atoms with E-state index in [9.17, 15) is 9.59 Å². The first-order valence-electron chi connectivity index (χ1n) is 7.05. The Labute approximate surface area is 133 Å². The van der Waals surface area contributed by atoms with Gasteiger partial charge in [-0.05, 0) is 50.8 Å². The van der Waals surface area contributed by atoms with Gasteiger partial charge in [-0.2, -0.15) is 0 Å². The molecule has 1 aromatic rings. The van der Waals surface area contributed by atoms with Crippen LogP contribution in [0.1, 0.15) is 38.3 Å². The topological polar surface area (TPSA) is 55.4 Å². The quantitative estimate of drug-likeness (QED) is 0.787. The maximum Gasteiger partial charge on any atom is 0.408 e. The first-order chi connectivity index (χ1) is 9.76. The fourth-order valence-corrected chi connectivity index (χ4v) is 2.94. The summed E-state index contributed by atoms with van der Waals surface area (Å²) in [6.07, 6.45) is 1.16. The summed E-state index contributed by atoms with van der Waals surface area (Å²) in [5.41, 5.74) is 1.62. The van der Waals surface area contributed by atoms with Crippen LogP contribution in [0.25, 0.3) is 0 Å². The third kappa shape index (κ3) is 4.30. The number of halogens is 1. The first kappa shape index (κ1) is 16.0. The third-order valence-corrected chi connectivity index (χ3v) is 4.09. The number of carbonyl (C=O) groups is 2. The number of aryl methyl sites for hydroxylation is 1. The lowest BCUT2D eigenvalue weighted by molar-refractivity contribution is -0.120. The van der Waals surface area contributed by atoms with E-state index in [-0.39, 0.29) is 5.78 Å². The van der Waals surface area contributed by atoms with E-state index < -0.39 is 17.7 Å². The predicted octanol–water partition coefficient (Wildman–Crippen LogP) is 3.40. The van der Waals surface area contributed by atoms with E-state index in [0.29, 0.717) is 12.8 Å². The molecule has 0 aromatic heterocycles. The summed E-state index contributed by atoms with van der Waals surface area (Å²) in [7, 11) is 0. The SMILES string of the molecule is CC(C)(C)OC(=O)NC1CCc2cccc(Br)c2CC1=O. The standard InChI is InChI=1S/C16H20BrNO3/c1-16(2,3)21-15(20)18-13-8-7-10-5-4-6-12(17)11(10)9-14(13)19/h4-6,13H,7-9H2,1-3H3,(H,18,20). The molecule has 1 N–H and O–H groups in total. The molecule has 1 aromatic carbocycles. The summed E-state index contributed by atoms with van der Waals surface area (Å²) in [6.45, 7) is 5.40. The fourth-order valence-electron chi connectivity index (χ4n) is 2.40. The highest BCUT2D eigenvalue weighted by molar-refractivity contribution is 9.10. The molecule has 0 spiro atoms. The van der Waals surface area contributed by atoms with Crippen LogP contribution in [-0.4, -0.2) is 23.5 Å². The van der Waals surface area contributed by atoms with Crippen molar-refractivity contribution in [3.63, 3.8) is 0 Å². The second-order valence-electron chi connectivity index (χ2n) is 6.26. The lowest BCUT2D eigenvalue weighted by Gasteiger charge is -2.22. The molecular weight excluding hydrogens is 334 g/mol. The molecule has 0 aliphatic heterocycles. The van der Waals surface area contributed by atoms with Crippen LogP contribution < -0.4 is 5.32 Å². The van der Waals surface area contributed by atoms with E-state index >= 15 is 0 Å². The Morgan fingerprint density at radius 1 is 1.38 bits per heavy atom. The monoisotopic (exact) mass is 353 g/mol. The molecule has 1 unspecified atom stereocenters. The molecule has 114 valence electrons. The van der Waals surface area contributed by atoms with Crippen LogP contribution >= 0.6 is 15.9 Å². The van der Waals surface area contributed by atoms with Crippen LogP contribution in [0.2, 0.25) is 0 Å². The van der Waals surface area contributed by atoms with E-state index in [1.807, 2.05) is 18.2 Å². The van der Waals surface area contributed by atoms with Crippen molar-refractivity contribution in [1.82, 2.24) is 5.32 Å². The minimum atomic E-state index is -0.566. The summed E-state index contributed by atoms with van der Waals surface area (Å²) in [5, 5.41) is 2.69. The Morgan fingerprint density at radius 2 is 2.10 bits per heavy atom. The molecule has 0 bridgehead atoms. The average molecular weight is 354 g/mol. The van der Waals surface area contributed by atoms with Crippen LogP contribution in [0, 0.1) is 0 Å². The van der Waals surface area contributed by atoms with Crippen molar-refractivity contribution < 1.29 is 14.3 Å². The van der Waals surface area contributed by atoms with Crippen molar-refractivity contribution >= 4 is 27.8 Å². The largest absolute Gasteiger partial charge is 0.444 e. The second-order valence-corrected chi connectivity index (χ2v) is 7.11. The molecule has 1 aliphatic carbocycles. The number of ketones is 1. The molecule has 21 heavy (non-hydrogen) atoms. The number of hydrogen-bond donors (Lipinski definition) is 1. The van der Waals surface area contributed by atoms with Gasteiger partial charge in [0.15, 0.2) is 5.78 Å². The number of amides is 1. The van der Waals surface area contributed by atoms with E-state index in [1.54, 1.807) is 20.8 Å². The lowest BCUT2D eigenvalue weighted by Crippen LogP contribution is -2.43. The van der Waals surface area contributed by atoms with Gasteiger partial charge < -0.3 is 10.1 Å². The number of alkyl carbamates (subject to hydrolysis) is 1. The second kappa shape index (κ2) is 6.18. The molecule has 1 atom stereocenters. The molecule has 0 radical (unpaired) electrons. The van der Waals surface area contributed by atoms with Crippen LogP contribution in [0.3, 0.4) is 0 Å². The zero-order valence-corrected chi connectivity index (χ0v) is 14.1. The van der Waals surface area contributed by atoms with Gasteiger partial charge in [0, 0.05) is 10.9 Å². The molecule has 4 nitrogen and oxygen atoms in total. The summed E-state index contributed by atoms with van der Waals surface area (Å²) in [6, 6.07) is 5.45. The minimum absolute atomic E-state index is 0.0199. The van der Waals surface area contributed by atoms with Gasteiger partial charge in [-0.1, -0.05) is 28.1 Å². The number of Topliss-reactive ketones (excluding diaryl/α,β-unsaturated/α-hetero) is 1. The van der Waals surface area contributed by atoms with Gasteiger partial charge in [-0.15, -0.1) is 0 Å². The van der Waals surface area contributed by atoms with E-state index in [0.717, 1.165) is 22.0 Å². The highest BCUT2D eigenvalue weighted by atomic mass is 79.9. The highest BCUT2D eigenvalue weighted by Gasteiger charge is 2.27. The zero-order valence-electron chi connectivity index (χ0n) is 12.5. The van der Waals surface area contributed by atoms with Gasteiger partial charge in [0.25, 0.3) is 0 Å². The van der Waals surface area contributed by atoms with Crippen molar-refractivity contribution in [3.05, 3.63) is 33.8 Å². The van der Waals surface area contributed by atoms with Gasteiger partial charge in [-0.3, -0.25) is 4.79 Å². The van der Waals surface area contributed by atoms with Gasteiger partial charge in [0.2, 0.25) is 0 Å². The third-order valence-electron chi connectivity index (χ3n) is 3.35. The van der Waals surface area contributed by atoms with Crippen molar-refractivity contribution in [2.45, 2.75) is 51.7 Å². The molecule has 0 saturated carbocycles. The normalized spacial score (nSPS) is 18.7. The van der Waals surface area contributed by atoms with Gasteiger partial charge in [-0.25, -0.2) is 4.79 Å². The van der Waals surface area contributed by atoms with Gasteiger partial charge in [0.1, 0.15) is 5.60 Å². The number of rotatable bonds is 1. The number of fused-ring (bicyclic) bond motifs is 1. The lowest BCUT2D eigenvalue weighted by atomic mass is 10.0. The van der Waals surface area contributed by atoms with Crippen LogP contribution in [0.4, 0.5) is 4.79 Å². The van der Waals surface area contributed by atoms with Crippen molar-refractivity contribution in [2.24, 2.45) is 0 Å². The Hall–Kier alpha value is -1.36. The molecule has 1 amide bonds. The first-order valence-corrected chi connectivity index (χ1v) is 7.84. The smallest absolute Gasteiger partial charge is 0.408 e. The number of nitrogens with one attached hydrogen (secondary N) is 1. The maximum atomic E-state index is 12.3. The molecule has 0 heterocycles. The van der Waals surface area contributed by atoms with Crippen molar-refractivity contribution in [3.8, 4) is 0 Å². The number of carbonyl (C=O) groups excluding carboxylic acids is 2. The molecular formula is C16H20BrNO3. The number of hydrogen-bond acceptors (Lipinski definition) is 3. The molecule has 1 aliphatic rings. The summed E-state index contributed by atoms with van der Waals surface area (Å²) >= 11 is 3.49. The molecule has 0 saturated heterocycles. The number of benzene rings is 1. The summed E-state index contributed by atoms with van der Waals surface area (Å²) in [5.74, 6) is 0.0199. The van der Waals surface area contributed by atoms with E-state index in [1.165, 1.54) is 0 Å². The van der Waals surface area contributed by atoms with Crippen molar-refractivity contribution in [2.75, 3.05) is 0 Å². The predicted molar refractivity (Wildman–Crippen MR) is 84.3 cm³/mol. The van der Waals surface area contributed by atoms with Crippen LogP contribution in [0.5, 0.6) is 0 Å². The van der Waals surface area contributed by atoms with Crippen LogP contribution in [-0.2, 0) is 22.4 Å². The average Bonchev–Trinajstić information content (AvgIpc) is 2.49. The summed E-state index contributed by atoms with van der Waals surface area (Å²) in [4.78, 5) is 24.2. The molecule has 5 heteroatoms. The van der Waals surface area contributed by atoms with E-state index in [4.69, 9.17) is 4.74 Å². The Morgan fingerprint density at radius 3 is 2.76 bits per heavy atom. The Balaban J connectivity index is 2.07. The summed E-state index contributed by atoms with van der Waals surface area (Å²) < 4.78 is 6.17. The highest BCUT2D eigenvalue weighted by Crippen LogP contribution is 2.26. The number of ether oxygens (including phenoxy) is 1. The molecule has 2 rings (SSSR count). The Kier molecular flexibility index (Phi) is 4.71. The molecule has 0 fully saturated rings.